The van der Waals surface area contributed by atoms with E-state index in [0.717, 1.165) is 27.8 Å². The average molecular weight is 388 g/mol. The molecule has 0 radical (unpaired) electrons. The molecule has 4 rings (SSSR count). The number of fused-ring (bicyclic) bond motifs is 1. The van der Waals surface area contributed by atoms with Gasteiger partial charge in [-0.2, -0.15) is 5.10 Å². The molecule has 0 aliphatic heterocycles. The van der Waals surface area contributed by atoms with E-state index in [9.17, 15) is 4.79 Å². The maximum absolute atomic E-state index is 12.9. The zero-order chi connectivity index (χ0) is 20.5. The van der Waals surface area contributed by atoms with Crippen LogP contribution in [0.2, 0.25) is 0 Å². The van der Waals surface area contributed by atoms with E-state index < -0.39 is 0 Å². The molecule has 2 aromatic heterocycles. The van der Waals surface area contributed by atoms with Crippen molar-refractivity contribution < 1.29 is 9.21 Å². The summed E-state index contributed by atoms with van der Waals surface area (Å²) < 4.78 is 7.38. The highest BCUT2D eigenvalue weighted by molar-refractivity contribution is 5.88. The highest BCUT2D eigenvalue weighted by Gasteiger charge is 2.20. The van der Waals surface area contributed by atoms with E-state index in [-0.39, 0.29) is 11.9 Å². The van der Waals surface area contributed by atoms with Gasteiger partial charge in [-0.15, -0.1) is 0 Å². The number of furan rings is 1. The Bertz CT molecular complexity index is 1140. The van der Waals surface area contributed by atoms with Gasteiger partial charge in [-0.3, -0.25) is 4.79 Å². The third kappa shape index (κ3) is 3.66. The van der Waals surface area contributed by atoms with Gasteiger partial charge in [0.2, 0.25) is 5.91 Å². The molecule has 0 fully saturated rings. The number of aromatic nitrogens is 3. The Balaban J connectivity index is 1.49. The fraction of sp³-hybridized carbons (Fsp3) is 0.261. The molecule has 0 bridgehead atoms. The van der Waals surface area contributed by atoms with Crippen molar-refractivity contribution in [1.82, 2.24) is 19.7 Å². The van der Waals surface area contributed by atoms with Crippen LogP contribution in [0.5, 0.6) is 0 Å². The van der Waals surface area contributed by atoms with Gasteiger partial charge in [0.05, 0.1) is 24.4 Å². The van der Waals surface area contributed by atoms with Crippen LogP contribution in [-0.4, -0.2) is 32.6 Å². The number of aryl methyl sites for hydroxylation is 2. The zero-order valence-electron chi connectivity index (χ0n) is 17.1. The summed E-state index contributed by atoms with van der Waals surface area (Å²) in [6.45, 7) is 6.17. The van der Waals surface area contributed by atoms with Crippen LogP contribution in [0.1, 0.15) is 35.2 Å². The lowest BCUT2D eigenvalue weighted by molar-refractivity contribution is -0.131. The molecule has 0 saturated carbocycles. The largest absolute Gasteiger partial charge is 0.464 e. The van der Waals surface area contributed by atoms with Crippen molar-refractivity contribution in [2.24, 2.45) is 0 Å². The maximum atomic E-state index is 12.9. The average Bonchev–Trinajstić information content (AvgIpc) is 3.38. The van der Waals surface area contributed by atoms with E-state index in [4.69, 9.17) is 4.42 Å². The Labute approximate surface area is 169 Å². The first-order valence-corrected chi connectivity index (χ1v) is 9.62. The van der Waals surface area contributed by atoms with Crippen molar-refractivity contribution in [2.45, 2.75) is 33.2 Å². The smallest absolute Gasteiger partial charge is 0.227 e. The van der Waals surface area contributed by atoms with E-state index in [1.165, 1.54) is 17.5 Å². The van der Waals surface area contributed by atoms with Gasteiger partial charge in [-0.25, -0.2) is 9.67 Å². The van der Waals surface area contributed by atoms with E-state index >= 15 is 0 Å². The minimum absolute atomic E-state index is 0.0468. The number of benzene rings is 2. The molecule has 4 aromatic rings. The summed E-state index contributed by atoms with van der Waals surface area (Å²) in [4.78, 5) is 18.7. The summed E-state index contributed by atoms with van der Waals surface area (Å²) in [5, 5.41) is 5.15. The summed E-state index contributed by atoms with van der Waals surface area (Å²) in [6.07, 6.45) is 5.18. The lowest BCUT2D eigenvalue weighted by Gasteiger charge is -2.25. The van der Waals surface area contributed by atoms with Crippen LogP contribution < -0.4 is 0 Å². The Hall–Kier alpha value is -3.41. The fourth-order valence-corrected chi connectivity index (χ4v) is 3.45. The number of nitrogens with zero attached hydrogens (tertiary/aromatic N) is 4. The molecule has 2 heterocycles. The number of likely N-dealkylation sites (N-methyl/N-ethyl adjacent to an activating group) is 1. The number of rotatable bonds is 5. The van der Waals surface area contributed by atoms with Crippen molar-refractivity contribution >= 4 is 16.9 Å². The molecule has 1 atom stereocenters. The Morgan fingerprint density at radius 2 is 1.90 bits per heavy atom. The van der Waals surface area contributed by atoms with Gasteiger partial charge in [0, 0.05) is 18.0 Å². The second-order valence-electron chi connectivity index (χ2n) is 7.48. The molecule has 29 heavy (non-hydrogen) atoms. The van der Waals surface area contributed by atoms with Gasteiger partial charge >= 0.3 is 0 Å². The SMILES string of the molecule is Cc1cc2occ(CC(=O)N(C)C(C)c3ccc(-n4cncn4)cc3)c2cc1C. The van der Waals surface area contributed by atoms with Crippen LogP contribution in [-0.2, 0) is 11.2 Å². The third-order valence-electron chi connectivity index (χ3n) is 5.64. The van der Waals surface area contributed by atoms with E-state index in [2.05, 4.69) is 30.0 Å². The highest BCUT2D eigenvalue weighted by atomic mass is 16.3. The van der Waals surface area contributed by atoms with Gasteiger partial charge in [-0.1, -0.05) is 12.1 Å². The molecule has 0 N–H and O–H groups in total. The lowest BCUT2D eigenvalue weighted by Crippen LogP contribution is -2.30. The lowest BCUT2D eigenvalue weighted by atomic mass is 10.0. The number of hydrogen-bond acceptors (Lipinski definition) is 4. The number of carbonyl (C=O) groups excluding carboxylic acids is 1. The molecular weight excluding hydrogens is 364 g/mol. The summed E-state index contributed by atoms with van der Waals surface area (Å²) >= 11 is 0. The molecule has 6 nitrogen and oxygen atoms in total. The highest BCUT2D eigenvalue weighted by Crippen LogP contribution is 2.27. The van der Waals surface area contributed by atoms with Gasteiger partial charge in [-0.05, 0) is 61.7 Å². The zero-order valence-corrected chi connectivity index (χ0v) is 17.1. The minimum atomic E-state index is -0.0468. The number of hydrogen-bond donors (Lipinski definition) is 0. The standard InChI is InChI=1S/C23H24N4O2/c1-15-9-21-19(12-29-22(21)10-16(15)2)11-23(28)26(4)17(3)18-5-7-20(8-6-18)27-14-24-13-25-27/h5-10,12-14,17H,11H2,1-4H3. The van der Waals surface area contributed by atoms with Crippen LogP contribution in [0.3, 0.4) is 0 Å². The first-order valence-electron chi connectivity index (χ1n) is 9.62. The van der Waals surface area contributed by atoms with Crippen molar-refractivity contribution in [1.29, 1.82) is 0 Å². The van der Waals surface area contributed by atoms with Crippen molar-refractivity contribution in [2.75, 3.05) is 7.05 Å². The molecule has 148 valence electrons. The molecule has 0 aliphatic carbocycles. The first-order chi connectivity index (χ1) is 13.9. The van der Waals surface area contributed by atoms with Crippen LogP contribution >= 0.6 is 0 Å². The second kappa shape index (κ2) is 7.54. The Morgan fingerprint density at radius 3 is 2.59 bits per heavy atom. The van der Waals surface area contributed by atoms with E-state index in [0.29, 0.717) is 6.42 Å². The third-order valence-corrected chi connectivity index (χ3v) is 5.64. The normalized spacial score (nSPS) is 12.3. The van der Waals surface area contributed by atoms with Crippen molar-refractivity contribution in [3.05, 3.63) is 77.6 Å². The fourth-order valence-electron chi connectivity index (χ4n) is 3.45. The Morgan fingerprint density at radius 1 is 1.17 bits per heavy atom. The minimum Gasteiger partial charge on any atom is -0.464 e. The number of amides is 1. The van der Waals surface area contributed by atoms with E-state index in [1.807, 2.05) is 44.3 Å². The molecule has 2 aromatic carbocycles. The van der Waals surface area contributed by atoms with E-state index in [1.54, 1.807) is 22.2 Å². The second-order valence-corrected chi connectivity index (χ2v) is 7.48. The summed E-state index contributed by atoms with van der Waals surface area (Å²) in [6, 6.07) is 12.1. The molecule has 0 spiro atoms. The summed E-state index contributed by atoms with van der Waals surface area (Å²) in [5.41, 5.74) is 6.13. The summed E-state index contributed by atoms with van der Waals surface area (Å²) in [7, 11) is 1.84. The van der Waals surface area contributed by atoms with Crippen LogP contribution in [0, 0.1) is 13.8 Å². The topological polar surface area (TPSA) is 64.2 Å². The molecule has 0 saturated heterocycles. The van der Waals surface area contributed by atoms with Crippen molar-refractivity contribution in [3.8, 4) is 5.69 Å². The molecule has 1 unspecified atom stereocenters. The van der Waals surface area contributed by atoms with Gasteiger partial charge < -0.3 is 9.32 Å². The molecular formula is C23H24N4O2. The van der Waals surface area contributed by atoms with Crippen LogP contribution in [0.15, 0.2) is 59.7 Å². The maximum Gasteiger partial charge on any atom is 0.227 e. The van der Waals surface area contributed by atoms with Gasteiger partial charge in [0.25, 0.3) is 0 Å². The summed E-state index contributed by atoms with van der Waals surface area (Å²) in [5.74, 6) is 0.0544. The molecule has 1 amide bonds. The predicted molar refractivity (Wildman–Crippen MR) is 112 cm³/mol. The Kier molecular flexibility index (Phi) is 4.92. The molecule has 0 aliphatic rings. The van der Waals surface area contributed by atoms with Gasteiger partial charge in [0.15, 0.2) is 0 Å². The predicted octanol–water partition coefficient (Wildman–Crippen LogP) is 4.39. The van der Waals surface area contributed by atoms with Crippen molar-refractivity contribution in [3.63, 3.8) is 0 Å². The molecule has 6 heteroatoms. The number of carbonyl (C=O) groups is 1. The monoisotopic (exact) mass is 388 g/mol. The first kappa shape index (κ1) is 18.9. The quantitative estimate of drug-likeness (QED) is 0.509. The van der Waals surface area contributed by atoms with Crippen LogP contribution in [0.25, 0.3) is 16.7 Å². The van der Waals surface area contributed by atoms with Gasteiger partial charge in [0.1, 0.15) is 18.2 Å². The van der Waals surface area contributed by atoms with Crippen LogP contribution in [0.4, 0.5) is 0 Å².